The molecule has 0 unspecified atom stereocenters. The van der Waals surface area contributed by atoms with E-state index in [2.05, 4.69) is 22.9 Å². The zero-order chi connectivity index (χ0) is 19.6. The number of unbranched alkanes of at least 4 members (excludes halogenated alkanes) is 2. The third-order valence-electron chi connectivity index (χ3n) is 4.42. The highest BCUT2D eigenvalue weighted by atomic mass is 35.5. The highest BCUT2D eigenvalue weighted by Crippen LogP contribution is 2.19. The normalized spacial score (nSPS) is 13.2. The fraction of sp³-hybridized carbons (Fsp3) is 0.450. The maximum Gasteiger partial charge on any atom is 0.252 e. The molecule has 1 heterocycles. The Hall–Kier alpha value is -1.79. The van der Waals surface area contributed by atoms with Crippen LogP contribution in [0.2, 0.25) is 5.02 Å². The molecule has 0 atom stereocenters. The number of nitrogens with one attached hydrogen (secondary N) is 1. The molecule has 1 aliphatic heterocycles. The highest BCUT2D eigenvalue weighted by molar-refractivity contribution is 7.80. The maximum atomic E-state index is 12.5. The van der Waals surface area contributed by atoms with Gasteiger partial charge < -0.3 is 10.2 Å². The summed E-state index contributed by atoms with van der Waals surface area (Å²) in [6.45, 7) is 3.98. The summed E-state index contributed by atoms with van der Waals surface area (Å²) in [4.78, 5) is 31.2. The Bertz CT molecular complexity index is 734. The number of nitrogens with zero attached hydrogens (tertiary/aromatic N) is 2. The van der Waals surface area contributed by atoms with E-state index in [0.717, 1.165) is 44.2 Å². The molecule has 27 heavy (non-hydrogen) atoms. The van der Waals surface area contributed by atoms with E-state index in [-0.39, 0.29) is 11.8 Å². The van der Waals surface area contributed by atoms with Crippen LogP contribution < -0.4 is 5.32 Å². The van der Waals surface area contributed by atoms with Crippen LogP contribution in [0.5, 0.6) is 0 Å². The van der Waals surface area contributed by atoms with Gasteiger partial charge in [-0.25, -0.2) is 0 Å². The van der Waals surface area contributed by atoms with Crippen LogP contribution in [0.1, 0.15) is 49.4 Å². The maximum absolute atomic E-state index is 12.5. The lowest BCUT2D eigenvalue weighted by Gasteiger charge is -2.22. The molecule has 0 saturated carbocycles. The molecule has 0 fully saturated rings. The SMILES string of the molecule is CCN(CCCCCNC(=O)c1cc(Cl)ccc1S)C(=O)C1=CN=CCC1. The minimum absolute atomic E-state index is 0.0879. The molecule has 2 amide bonds. The molecule has 0 aromatic heterocycles. The Balaban J connectivity index is 1.68. The van der Waals surface area contributed by atoms with Gasteiger partial charge in [0.25, 0.3) is 11.8 Å². The molecular formula is C20H26ClN3O2S. The predicted molar refractivity (Wildman–Crippen MR) is 113 cm³/mol. The van der Waals surface area contributed by atoms with Gasteiger partial charge in [0.05, 0.1) is 5.56 Å². The molecule has 0 bridgehead atoms. The summed E-state index contributed by atoms with van der Waals surface area (Å²) in [6.07, 6.45) is 7.80. The first-order chi connectivity index (χ1) is 13.0. The van der Waals surface area contributed by atoms with Crippen molar-refractivity contribution in [3.63, 3.8) is 0 Å². The summed E-state index contributed by atoms with van der Waals surface area (Å²) in [7, 11) is 0. The molecule has 7 heteroatoms. The molecule has 0 radical (unpaired) electrons. The van der Waals surface area contributed by atoms with Gasteiger partial charge in [0.1, 0.15) is 0 Å². The first-order valence-electron chi connectivity index (χ1n) is 9.29. The van der Waals surface area contributed by atoms with E-state index >= 15 is 0 Å². The number of thiol groups is 1. The number of likely N-dealkylation sites (N-methyl/N-ethyl adjacent to an activating group) is 1. The first-order valence-corrected chi connectivity index (χ1v) is 10.1. The van der Waals surface area contributed by atoms with Crippen molar-refractivity contribution in [3.8, 4) is 0 Å². The summed E-state index contributed by atoms with van der Waals surface area (Å²) >= 11 is 10.2. The number of hydrogen-bond acceptors (Lipinski definition) is 4. The fourth-order valence-corrected chi connectivity index (χ4v) is 3.27. The van der Waals surface area contributed by atoms with E-state index < -0.39 is 0 Å². The molecule has 1 aromatic rings. The van der Waals surface area contributed by atoms with E-state index in [0.29, 0.717) is 28.6 Å². The number of amides is 2. The van der Waals surface area contributed by atoms with Crippen LogP contribution in [0.4, 0.5) is 0 Å². The second-order valence-corrected chi connectivity index (χ2v) is 7.31. The predicted octanol–water partition coefficient (Wildman–Crippen LogP) is 4.13. The van der Waals surface area contributed by atoms with Gasteiger partial charge >= 0.3 is 0 Å². The van der Waals surface area contributed by atoms with Gasteiger partial charge in [0.2, 0.25) is 0 Å². The Morgan fingerprint density at radius 3 is 2.81 bits per heavy atom. The van der Waals surface area contributed by atoms with Gasteiger partial charge in [0, 0.05) is 47.5 Å². The Kier molecular flexibility index (Phi) is 8.88. The van der Waals surface area contributed by atoms with Crippen molar-refractivity contribution in [2.24, 2.45) is 4.99 Å². The monoisotopic (exact) mass is 407 g/mol. The number of aliphatic imine (C=N–C) groups is 1. The average Bonchev–Trinajstić information content (AvgIpc) is 2.69. The van der Waals surface area contributed by atoms with Crippen LogP contribution in [0, 0.1) is 0 Å². The highest BCUT2D eigenvalue weighted by Gasteiger charge is 2.17. The van der Waals surface area contributed by atoms with Gasteiger partial charge in [-0.3, -0.25) is 14.6 Å². The van der Waals surface area contributed by atoms with E-state index in [4.69, 9.17) is 11.6 Å². The number of benzene rings is 1. The summed E-state index contributed by atoms with van der Waals surface area (Å²) in [5.74, 6) is -0.0810. The molecular weight excluding hydrogens is 382 g/mol. The number of carbonyl (C=O) groups excluding carboxylic acids is 2. The van der Waals surface area contributed by atoms with Crippen LogP contribution in [-0.4, -0.2) is 42.6 Å². The molecule has 0 saturated heterocycles. The second kappa shape index (κ2) is 11.1. The van der Waals surface area contributed by atoms with Crippen molar-refractivity contribution in [3.05, 3.63) is 40.6 Å². The minimum atomic E-state index is -0.169. The van der Waals surface area contributed by atoms with Crippen LogP contribution >= 0.6 is 24.2 Å². The van der Waals surface area contributed by atoms with Gasteiger partial charge in [-0.1, -0.05) is 11.6 Å². The zero-order valence-corrected chi connectivity index (χ0v) is 17.2. The largest absolute Gasteiger partial charge is 0.352 e. The van der Waals surface area contributed by atoms with Gasteiger partial charge in [-0.05, 0) is 57.2 Å². The summed E-state index contributed by atoms with van der Waals surface area (Å²) in [5, 5.41) is 3.41. The second-order valence-electron chi connectivity index (χ2n) is 6.39. The summed E-state index contributed by atoms with van der Waals surface area (Å²) < 4.78 is 0. The van der Waals surface area contributed by atoms with Crippen molar-refractivity contribution in [2.45, 2.75) is 43.9 Å². The van der Waals surface area contributed by atoms with Crippen molar-refractivity contribution in [1.29, 1.82) is 0 Å². The molecule has 1 aliphatic rings. The third kappa shape index (κ3) is 6.70. The number of carbonyl (C=O) groups is 2. The minimum Gasteiger partial charge on any atom is -0.352 e. The standard InChI is InChI=1S/C20H26ClN3O2S/c1-2-24(20(26)15-7-6-10-22-14-15)12-5-3-4-11-23-19(25)17-13-16(21)8-9-18(17)27/h8-10,13-14,27H,2-7,11-12H2,1H3,(H,23,25). The molecule has 146 valence electrons. The average molecular weight is 408 g/mol. The molecule has 1 N–H and O–H groups in total. The van der Waals surface area contributed by atoms with E-state index in [9.17, 15) is 9.59 Å². The summed E-state index contributed by atoms with van der Waals surface area (Å²) in [5.41, 5.74) is 1.27. The van der Waals surface area contributed by atoms with Crippen LogP contribution in [-0.2, 0) is 4.79 Å². The summed E-state index contributed by atoms with van der Waals surface area (Å²) in [6, 6.07) is 5.04. The molecule has 0 aliphatic carbocycles. The fourth-order valence-electron chi connectivity index (χ4n) is 2.86. The number of rotatable bonds is 9. The third-order valence-corrected chi connectivity index (χ3v) is 5.04. The lowest BCUT2D eigenvalue weighted by molar-refractivity contribution is -0.127. The lowest BCUT2D eigenvalue weighted by Crippen LogP contribution is -2.33. The Morgan fingerprint density at radius 2 is 2.11 bits per heavy atom. The van der Waals surface area contributed by atoms with Crippen molar-refractivity contribution in [2.75, 3.05) is 19.6 Å². The topological polar surface area (TPSA) is 61.8 Å². The quantitative estimate of drug-likeness (QED) is 0.477. The van der Waals surface area contributed by atoms with E-state index in [1.807, 2.05) is 18.0 Å². The van der Waals surface area contributed by atoms with Gasteiger partial charge in [-0.2, -0.15) is 0 Å². The zero-order valence-electron chi connectivity index (χ0n) is 15.6. The van der Waals surface area contributed by atoms with Crippen molar-refractivity contribution in [1.82, 2.24) is 10.2 Å². The first kappa shape index (κ1) is 21.5. The van der Waals surface area contributed by atoms with Gasteiger partial charge in [-0.15, -0.1) is 12.6 Å². The van der Waals surface area contributed by atoms with E-state index in [1.54, 1.807) is 24.4 Å². The van der Waals surface area contributed by atoms with E-state index in [1.165, 1.54) is 0 Å². The van der Waals surface area contributed by atoms with Gasteiger partial charge in [0.15, 0.2) is 0 Å². The number of halogens is 1. The Labute approximate surface area is 171 Å². The smallest absolute Gasteiger partial charge is 0.252 e. The van der Waals surface area contributed by atoms with Crippen molar-refractivity contribution >= 4 is 42.3 Å². The lowest BCUT2D eigenvalue weighted by atomic mass is 10.1. The molecule has 1 aromatic carbocycles. The molecule has 2 rings (SSSR count). The number of hydrogen-bond donors (Lipinski definition) is 2. The van der Waals surface area contributed by atoms with Crippen LogP contribution in [0.3, 0.4) is 0 Å². The van der Waals surface area contributed by atoms with Crippen LogP contribution in [0.25, 0.3) is 0 Å². The van der Waals surface area contributed by atoms with Crippen molar-refractivity contribution < 1.29 is 9.59 Å². The Morgan fingerprint density at radius 1 is 1.30 bits per heavy atom. The molecule has 0 spiro atoms. The molecule has 5 nitrogen and oxygen atoms in total. The van der Waals surface area contributed by atoms with Crippen LogP contribution in [0.15, 0.2) is 39.9 Å².